The molecule has 0 spiro atoms. The molecule has 0 radical (unpaired) electrons. The summed E-state index contributed by atoms with van der Waals surface area (Å²) < 4.78 is 0. The highest BCUT2D eigenvalue weighted by molar-refractivity contribution is 5.61. The first kappa shape index (κ1) is 15.9. The zero-order chi connectivity index (χ0) is 16.8. The predicted octanol–water partition coefficient (Wildman–Crippen LogP) is 2.79. The Bertz CT molecular complexity index is 776. The Balaban J connectivity index is 1.60. The number of nitrogens with one attached hydrogen (secondary N) is 1. The van der Waals surface area contributed by atoms with E-state index in [0.717, 1.165) is 35.7 Å². The van der Waals surface area contributed by atoms with Crippen molar-refractivity contribution < 1.29 is 0 Å². The summed E-state index contributed by atoms with van der Waals surface area (Å²) in [5.74, 6) is 1.51. The zero-order valence-electron chi connectivity index (χ0n) is 13.8. The fourth-order valence-corrected chi connectivity index (χ4v) is 2.34. The molecule has 0 fully saturated rings. The van der Waals surface area contributed by atoms with Gasteiger partial charge in [-0.25, -0.2) is 9.97 Å². The predicted molar refractivity (Wildman–Crippen MR) is 96.0 cm³/mol. The highest BCUT2D eigenvalue weighted by atomic mass is 15.2. The number of hydrogen-bond acceptors (Lipinski definition) is 6. The highest BCUT2D eigenvalue weighted by Gasteiger charge is 2.06. The maximum absolute atomic E-state index is 4.31. The Kier molecular flexibility index (Phi) is 4.96. The maximum atomic E-state index is 4.31. The van der Waals surface area contributed by atoms with Gasteiger partial charge in [0.2, 0.25) is 5.95 Å². The van der Waals surface area contributed by atoms with Crippen LogP contribution in [-0.4, -0.2) is 40.3 Å². The second-order valence-electron chi connectivity index (χ2n) is 5.52. The minimum atomic E-state index is 0.710. The summed E-state index contributed by atoms with van der Waals surface area (Å²) in [6.45, 7) is 3.54. The standard InChI is InChI=1S/C18H20N6/c1-14-13-16(15-7-4-3-5-8-15)22-23-17(14)19-11-12-24(2)18-20-9-6-10-21-18/h3-10,13H,11-12H2,1-2H3,(H,19,23). The third-order valence-electron chi connectivity index (χ3n) is 3.69. The van der Waals surface area contributed by atoms with Gasteiger partial charge >= 0.3 is 0 Å². The SMILES string of the molecule is Cc1cc(-c2ccccc2)nnc1NCCN(C)c1ncccn1. The molecule has 0 aliphatic rings. The normalized spacial score (nSPS) is 10.4. The Morgan fingerprint density at radius 1 is 1.00 bits per heavy atom. The number of hydrogen-bond donors (Lipinski definition) is 1. The maximum Gasteiger partial charge on any atom is 0.225 e. The van der Waals surface area contributed by atoms with E-state index in [-0.39, 0.29) is 0 Å². The molecule has 2 aromatic heterocycles. The number of likely N-dealkylation sites (N-methyl/N-ethyl adjacent to an activating group) is 1. The Morgan fingerprint density at radius 3 is 2.46 bits per heavy atom. The zero-order valence-corrected chi connectivity index (χ0v) is 13.8. The highest BCUT2D eigenvalue weighted by Crippen LogP contribution is 2.19. The van der Waals surface area contributed by atoms with E-state index in [2.05, 4.69) is 31.5 Å². The van der Waals surface area contributed by atoms with Crippen LogP contribution < -0.4 is 10.2 Å². The van der Waals surface area contributed by atoms with Crippen LogP contribution in [0.15, 0.2) is 54.9 Å². The van der Waals surface area contributed by atoms with Crippen LogP contribution in [-0.2, 0) is 0 Å². The van der Waals surface area contributed by atoms with Crippen LogP contribution >= 0.6 is 0 Å². The molecule has 0 saturated heterocycles. The van der Waals surface area contributed by atoms with Gasteiger partial charge in [-0.3, -0.25) is 0 Å². The molecular weight excluding hydrogens is 300 g/mol. The van der Waals surface area contributed by atoms with Gasteiger partial charge in [0.05, 0.1) is 5.69 Å². The Labute approximate surface area is 141 Å². The van der Waals surface area contributed by atoms with Gasteiger partial charge in [0.25, 0.3) is 0 Å². The van der Waals surface area contributed by atoms with Crippen LogP contribution in [0.1, 0.15) is 5.56 Å². The van der Waals surface area contributed by atoms with Crippen LogP contribution in [0.4, 0.5) is 11.8 Å². The van der Waals surface area contributed by atoms with Gasteiger partial charge in [0.15, 0.2) is 5.82 Å². The minimum absolute atomic E-state index is 0.710. The molecule has 1 N–H and O–H groups in total. The quantitative estimate of drug-likeness (QED) is 0.753. The summed E-state index contributed by atoms with van der Waals surface area (Å²) >= 11 is 0. The molecule has 6 nitrogen and oxygen atoms in total. The summed E-state index contributed by atoms with van der Waals surface area (Å²) in [6.07, 6.45) is 3.48. The van der Waals surface area contributed by atoms with Crippen molar-refractivity contribution >= 4 is 11.8 Å². The Morgan fingerprint density at radius 2 is 1.75 bits per heavy atom. The van der Waals surface area contributed by atoms with Crippen molar-refractivity contribution in [1.29, 1.82) is 0 Å². The molecule has 2 heterocycles. The van der Waals surface area contributed by atoms with Gasteiger partial charge in [-0.15, -0.1) is 10.2 Å². The van der Waals surface area contributed by atoms with E-state index in [9.17, 15) is 0 Å². The summed E-state index contributed by atoms with van der Waals surface area (Å²) in [4.78, 5) is 10.4. The van der Waals surface area contributed by atoms with Gasteiger partial charge in [-0.2, -0.15) is 0 Å². The second kappa shape index (κ2) is 7.50. The van der Waals surface area contributed by atoms with Crippen molar-refractivity contribution in [2.24, 2.45) is 0 Å². The number of rotatable bonds is 6. The average Bonchev–Trinajstić information content (AvgIpc) is 2.64. The summed E-state index contributed by atoms with van der Waals surface area (Å²) in [5, 5.41) is 11.9. The number of benzene rings is 1. The first-order valence-electron chi connectivity index (χ1n) is 7.86. The average molecular weight is 320 g/mol. The van der Waals surface area contributed by atoms with Crippen molar-refractivity contribution in [1.82, 2.24) is 20.2 Å². The van der Waals surface area contributed by atoms with Crippen LogP contribution in [0.3, 0.4) is 0 Å². The lowest BCUT2D eigenvalue weighted by molar-refractivity contribution is 0.858. The van der Waals surface area contributed by atoms with E-state index in [1.165, 1.54) is 0 Å². The molecule has 0 aliphatic carbocycles. The van der Waals surface area contributed by atoms with E-state index < -0.39 is 0 Å². The summed E-state index contributed by atoms with van der Waals surface area (Å²) in [6, 6.07) is 13.9. The fraction of sp³-hybridized carbons (Fsp3) is 0.222. The van der Waals surface area contributed by atoms with E-state index in [1.54, 1.807) is 12.4 Å². The molecule has 3 rings (SSSR count). The summed E-state index contributed by atoms with van der Waals surface area (Å²) in [5.41, 5.74) is 3.02. The van der Waals surface area contributed by atoms with Crippen LogP contribution in [0.2, 0.25) is 0 Å². The largest absolute Gasteiger partial charge is 0.367 e. The molecular formula is C18H20N6. The fourth-order valence-electron chi connectivity index (χ4n) is 2.34. The molecule has 122 valence electrons. The summed E-state index contributed by atoms with van der Waals surface area (Å²) in [7, 11) is 1.97. The van der Waals surface area contributed by atoms with Crippen LogP contribution in [0.5, 0.6) is 0 Å². The lowest BCUT2D eigenvalue weighted by atomic mass is 10.1. The lowest BCUT2D eigenvalue weighted by Gasteiger charge is -2.17. The smallest absolute Gasteiger partial charge is 0.225 e. The molecule has 0 amide bonds. The molecule has 3 aromatic rings. The van der Waals surface area contributed by atoms with Gasteiger partial charge in [0, 0.05) is 38.1 Å². The first-order chi connectivity index (χ1) is 11.7. The van der Waals surface area contributed by atoms with E-state index in [0.29, 0.717) is 5.95 Å². The number of anilines is 2. The van der Waals surface area contributed by atoms with Crippen molar-refractivity contribution in [3.8, 4) is 11.3 Å². The monoisotopic (exact) mass is 320 g/mol. The van der Waals surface area contributed by atoms with Gasteiger partial charge in [-0.05, 0) is 24.6 Å². The second-order valence-corrected chi connectivity index (χ2v) is 5.52. The van der Waals surface area contributed by atoms with Crippen molar-refractivity contribution in [2.45, 2.75) is 6.92 Å². The van der Waals surface area contributed by atoms with E-state index in [4.69, 9.17) is 0 Å². The molecule has 0 atom stereocenters. The number of aryl methyl sites for hydroxylation is 1. The minimum Gasteiger partial charge on any atom is -0.367 e. The van der Waals surface area contributed by atoms with E-state index >= 15 is 0 Å². The molecule has 24 heavy (non-hydrogen) atoms. The molecule has 0 bridgehead atoms. The number of aromatic nitrogens is 4. The molecule has 1 aromatic carbocycles. The van der Waals surface area contributed by atoms with Crippen LogP contribution in [0.25, 0.3) is 11.3 Å². The Hall–Kier alpha value is -3.02. The van der Waals surface area contributed by atoms with Gasteiger partial charge in [-0.1, -0.05) is 30.3 Å². The lowest BCUT2D eigenvalue weighted by Crippen LogP contribution is -2.26. The van der Waals surface area contributed by atoms with Gasteiger partial charge < -0.3 is 10.2 Å². The molecule has 0 saturated carbocycles. The molecule has 0 aliphatic heterocycles. The first-order valence-corrected chi connectivity index (χ1v) is 7.86. The van der Waals surface area contributed by atoms with E-state index in [1.807, 2.05) is 55.3 Å². The third kappa shape index (κ3) is 3.84. The van der Waals surface area contributed by atoms with Crippen molar-refractivity contribution in [3.05, 3.63) is 60.4 Å². The molecule has 6 heteroatoms. The third-order valence-corrected chi connectivity index (χ3v) is 3.69. The topological polar surface area (TPSA) is 66.8 Å². The molecule has 0 unspecified atom stereocenters. The van der Waals surface area contributed by atoms with Gasteiger partial charge in [0.1, 0.15) is 0 Å². The van der Waals surface area contributed by atoms with Crippen LogP contribution in [0, 0.1) is 6.92 Å². The van der Waals surface area contributed by atoms with Crippen molar-refractivity contribution in [2.75, 3.05) is 30.4 Å². The number of nitrogens with zero attached hydrogens (tertiary/aromatic N) is 5. The van der Waals surface area contributed by atoms with Crippen molar-refractivity contribution in [3.63, 3.8) is 0 Å².